The maximum absolute atomic E-state index is 9.21. The zero-order valence-electron chi connectivity index (χ0n) is 29.2. The topological polar surface area (TPSA) is 33.6 Å². The summed E-state index contributed by atoms with van der Waals surface area (Å²) in [7, 11) is 0. The van der Waals surface area contributed by atoms with Crippen LogP contribution in [-0.2, 0) is 6.42 Å². The van der Waals surface area contributed by atoms with Crippen LogP contribution in [0.1, 0.15) is 11.1 Å². The number of nitrogens with zero attached hydrogens (tertiary/aromatic N) is 3. The molecule has 53 heavy (non-hydrogen) atoms. The summed E-state index contributed by atoms with van der Waals surface area (Å²) in [5, 5.41) is 14.1. The quantitative estimate of drug-likeness (QED) is 0.147. The van der Waals surface area contributed by atoms with Crippen molar-refractivity contribution in [3.63, 3.8) is 0 Å². The highest BCUT2D eigenvalue weighted by Gasteiger charge is 2.16. The van der Waals surface area contributed by atoms with Crippen LogP contribution in [0.15, 0.2) is 195 Å². The first kappa shape index (κ1) is 31.8. The van der Waals surface area contributed by atoms with E-state index in [0.29, 0.717) is 5.56 Å². The van der Waals surface area contributed by atoms with E-state index >= 15 is 0 Å². The lowest BCUT2D eigenvalue weighted by Crippen LogP contribution is -1.96. The first-order chi connectivity index (χ1) is 26.2. The predicted octanol–water partition coefficient (Wildman–Crippen LogP) is 12.9. The van der Waals surface area contributed by atoms with E-state index in [2.05, 4.69) is 173 Å². The fourth-order valence-electron chi connectivity index (χ4n) is 7.64. The van der Waals surface area contributed by atoms with Crippen LogP contribution < -0.4 is 0 Å². The molecule has 0 spiro atoms. The van der Waals surface area contributed by atoms with Crippen molar-refractivity contribution < 1.29 is 0 Å². The lowest BCUT2D eigenvalue weighted by atomic mass is 10.0. The number of allylic oxidation sites excluding steroid dienone is 5. The fraction of sp³-hybridized carbons (Fsp3) is 0.0200. The molecule has 0 radical (unpaired) electrons. The largest absolute Gasteiger partial charge is 0.310 e. The maximum atomic E-state index is 9.21. The summed E-state index contributed by atoms with van der Waals surface area (Å²) in [6, 6.07) is 60.3. The second-order valence-electron chi connectivity index (χ2n) is 13.3. The molecule has 2 aromatic heterocycles. The standard InChI is InChI=1S/C50H35N3/c1-2-3-13-41(27-20-35-11-5-4-6-12-35)52-47-16-9-7-14-43(47)45-32-39(25-30-49(45)52)40-26-31-50-46(33-40)44-15-8-10-17-48(44)53(50)42-28-23-38(24-29-42)37-21-18-36(34-51)19-22-37/h2-19,21-33H,1,20H2/b13-3-,41-27+. The zero-order chi connectivity index (χ0) is 35.7. The van der Waals surface area contributed by atoms with Crippen LogP contribution in [0.4, 0.5) is 0 Å². The van der Waals surface area contributed by atoms with Crippen molar-refractivity contribution in [1.82, 2.24) is 9.13 Å². The molecule has 0 unspecified atom stereocenters. The van der Waals surface area contributed by atoms with Crippen molar-refractivity contribution in [2.45, 2.75) is 6.42 Å². The van der Waals surface area contributed by atoms with E-state index in [1.54, 1.807) is 0 Å². The van der Waals surface area contributed by atoms with E-state index in [1.807, 2.05) is 36.4 Å². The Labute approximate surface area is 308 Å². The highest BCUT2D eigenvalue weighted by Crippen LogP contribution is 2.38. The van der Waals surface area contributed by atoms with Gasteiger partial charge in [-0.05, 0) is 101 Å². The molecule has 9 aromatic rings. The van der Waals surface area contributed by atoms with Crippen molar-refractivity contribution in [3.8, 4) is 34.0 Å². The average molecular weight is 678 g/mol. The SMILES string of the molecule is C=C/C=C\C(=C/Cc1ccccc1)n1c2ccccc2c2cc(-c3ccc4c(c3)c3ccccc3n4-c3ccc(-c4ccc(C#N)cc4)cc3)ccc21. The minimum atomic E-state index is 0.666. The molecule has 0 atom stereocenters. The van der Waals surface area contributed by atoms with Crippen molar-refractivity contribution in [3.05, 3.63) is 206 Å². The number of para-hydroxylation sites is 2. The summed E-state index contributed by atoms with van der Waals surface area (Å²) in [4.78, 5) is 0. The Hall–Kier alpha value is -7.15. The molecular weight excluding hydrogens is 643 g/mol. The second-order valence-corrected chi connectivity index (χ2v) is 13.3. The highest BCUT2D eigenvalue weighted by molar-refractivity contribution is 6.13. The Kier molecular flexibility index (Phi) is 8.12. The van der Waals surface area contributed by atoms with Gasteiger partial charge in [-0.25, -0.2) is 0 Å². The van der Waals surface area contributed by atoms with Gasteiger partial charge in [0.1, 0.15) is 0 Å². The van der Waals surface area contributed by atoms with Crippen LogP contribution in [0, 0.1) is 11.3 Å². The van der Waals surface area contributed by atoms with Crippen LogP contribution in [0.3, 0.4) is 0 Å². The Morgan fingerprint density at radius 1 is 0.547 bits per heavy atom. The summed E-state index contributed by atoms with van der Waals surface area (Å²) < 4.78 is 4.73. The molecule has 3 nitrogen and oxygen atoms in total. The zero-order valence-corrected chi connectivity index (χ0v) is 29.2. The molecular formula is C50H35N3. The first-order valence-corrected chi connectivity index (χ1v) is 17.9. The third-order valence-corrected chi connectivity index (χ3v) is 10.2. The van der Waals surface area contributed by atoms with Gasteiger partial charge in [-0.2, -0.15) is 5.26 Å². The van der Waals surface area contributed by atoms with Gasteiger partial charge in [-0.1, -0.05) is 128 Å². The van der Waals surface area contributed by atoms with Gasteiger partial charge in [0.2, 0.25) is 0 Å². The molecule has 7 aromatic carbocycles. The van der Waals surface area contributed by atoms with Crippen LogP contribution in [0.2, 0.25) is 0 Å². The summed E-state index contributed by atoms with van der Waals surface area (Å²) in [5.74, 6) is 0. The van der Waals surface area contributed by atoms with E-state index in [-0.39, 0.29) is 0 Å². The monoisotopic (exact) mass is 677 g/mol. The lowest BCUT2D eigenvalue weighted by molar-refractivity contribution is 1.18. The molecule has 0 fully saturated rings. The van der Waals surface area contributed by atoms with Gasteiger partial charge in [0.05, 0.1) is 33.7 Å². The molecule has 250 valence electrons. The summed E-state index contributed by atoms with van der Waals surface area (Å²) in [5.41, 5.74) is 13.4. The number of hydrogen-bond acceptors (Lipinski definition) is 1. The van der Waals surface area contributed by atoms with Crippen molar-refractivity contribution >= 4 is 49.3 Å². The van der Waals surface area contributed by atoms with Crippen LogP contribution in [0.5, 0.6) is 0 Å². The van der Waals surface area contributed by atoms with Crippen molar-refractivity contribution in [2.24, 2.45) is 0 Å². The van der Waals surface area contributed by atoms with Gasteiger partial charge in [0, 0.05) is 32.9 Å². The highest BCUT2D eigenvalue weighted by atomic mass is 15.0. The van der Waals surface area contributed by atoms with E-state index in [0.717, 1.165) is 28.9 Å². The number of nitriles is 1. The Morgan fingerprint density at radius 2 is 1.08 bits per heavy atom. The third-order valence-electron chi connectivity index (χ3n) is 10.2. The predicted molar refractivity (Wildman–Crippen MR) is 223 cm³/mol. The van der Waals surface area contributed by atoms with Gasteiger partial charge in [-0.15, -0.1) is 0 Å². The Morgan fingerprint density at radius 3 is 1.75 bits per heavy atom. The molecule has 0 N–H and O–H groups in total. The molecule has 9 rings (SSSR count). The normalized spacial score (nSPS) is 11.9. The molecule has 0 aliphatic rings. The number of hydrogen-bond donors (Lipinski definition) is 0. The smallest absolute Gasteiger partial charge is 0.0991 e. The molecule has 0 amide bonds. The first-order valence-electron chi connectivity index (χ1n) is 17.9. The van der Waals surface area contributed by atoms with Crippen LogP contribution in [0.25, 0.3) is 77.2 Å². The average Bonchev–Trinajstić information content (AvgIpc) is 3.73. The third kappa shape index (κ3) is 5.73. The Bertz CT molecular complexity index is 2910. The van der Waals surface area contributed by atoms with Crippen molar-refractivity contribution in [1.29, 1.82) is 5.26 Å². The molecule has 0 bridgehead atoms. The molecule has 2 heterocycles. The number of benzene rings is 7. The maximum Gasteiger partial charge on any atom is 0.0991 e. The van der Waals surface area contributed by atoms with Crippen LogP contribution in [-0.4, -0.2) is 9.13 Å². The molecule has 0 saturated heterocycles. The summed E-state index contributed by atoms with van der Waals surface area (Å²) >= 11 is 0. The molecule has 3 heteroatoms. The van der Waals surface area contributed by atoms with Gasteiger partial charge >= 0.3 is 0 Å². The summed E-state index contributed by atoms with van der Waals surface area (Å²) in [6.45, 7) is 3.95. The minimum Gasteiger partial charge on any atom is -0.310 e. The molecule has 0 aliphatic carbocycles. The van der Waals surface area contributed by atoms with Gasteiger partial charge in [0.15, 0.2) is 0 Å². The van der Waals surface area contributed by atoms with Crippen LogP contribution >= 0.6 is 0 Å². The minimum absolute atomic E-state index is 0.666. The summed E-state index contributed by atoms with van der Waals surface area (Å²) in [6.07, 6.45) is 9.14. The van der Waals surface area contributed by atoms with Gasteiger partial charge in [0.25, 0.3) is 0 Å². The Balaban J connectivity index is 1.14. The van der Waals surface area contributed by atoms with E-state index in [9.17, 15) is 5.26 Å². The number of fused-ring (bicyclic) bond motifs is 6. The number of rotatable bonds is 8. The van der Waals surface area contributed by atoms with Gasteiger partial charge < -0.3 is 9.13 Å². The fourth-order valence-corrected chi connectivity index (χ4v) is 7.64. The number of aromatic nitrogens is 2. The molecule has 0 aliphatic heterocycles. The lowest BCUT2D eigenvalue weighted by Gasteiger charge is -2.11. The van der Waals surface area contributed by atoms with E-state index < -0.39 is 0 Å². The van der Waals surface area contributed by atoms with Gasteiger partial charge in [-0.3, -0.25) is 0 Å². The second kappa shape index (κ2) is 13.5. The van der Waals surface area contributed by atoms with E-state index in [4.69, 9.17) is 0 Å². The molecule has 0 saturated carbocycles. The van der Waals surface area contributed by atoms with Crippen molar-refractivity contribution in [2.75, 3.05) is 0 Å². The van der Waals surface area contributed by atoms with E-state index in [1.165, 1.54) is 60.3 Å².